The molecule has 1 amide bonds. The summed E-state index contributed by atoms with van der Waals surface area (Å²) in [4.78, 5) is 12.2. The fourth-order valence-corrected chi connectivity index (χ4v) is 2.57. The summed E-state index contributed by atoms with van der Waals surface area (Å²) in [6, 6.07) is 17.9. The standard InChI is InChI=1S/C20H25NO2/c1-4-18(16-10-6-5-7-11-16)21-20(22)14-23-19-13-9-8-12-17(19)15(2)3/h5-13,15,18H,4,14H2,1-3H3,(H,21,22). The number of nitrogens with one attached hydrogen (secondary N) is 1. The normalized spacial score (nSPS) is 12.0. The van der Waals surface area contributed by atoms with Crippen molar-refractivity contribution in [2.75, 3.05) is 6.61 Å². The first-order valence-corrected chi connectivity index (χ1v) is 8.17. The summed E-state index contributed by atoms with van der Waals surface area (Å²) in [5, 5.41) is 3.04. The molecule has 0 aliphatic rings. The first-order chi connectivity index (χ1) is 11.1. The van der Waals surface area contributed by atoms with Gasteiger partial charge in [0, 0.05) is 0 Å². The highest BCUT2D eigenvalue weighted by Crippen LogP contribution is 2.25. The highest BCUT2D eigenvalue weighted by molar-refractivity contribution is 5.78. The first-order valence-electron chi connectivity index (χ1n) is 8.17. The Morgan fingerprint density at radius 1 is 1.04 bits per heavy atom. The highest BCUT2D eigenvalue weighted by Gasteiger charge is 2.14. The third-order valence-corrected chi connectivity index (χ3v) is 3.85. The lowest BCUT2D eigenvalue weighted by molar-refractivity contribution is -0.123. The third kappa shape index (κ3) is 4.85. The fourth-order valence-electron chi connectivity index (χ4n) is 2.57. The SMILES string of the molecule is CCC(NC(=O)COc1ccccc1C(C)C)c1ccccc1. The Kier molecular flexibility index (Phi) is 6.21. The van der Waals surface area contributed by atoms with E-state index in [4.69, 9.17) is 4.74 Å². The van der Waals surface area contributed by atoms with Gasteiger partial charge in [-0.3, -0.25) is 4.79 Å². The van der Waals surface area contributed by atoms with Gasteiger partial charge >= 0.3 is 0 Å². The molecule has 3 heteroatoms. The van der Waals surface area contributed by atoms with Crippen LogP contribution in [0.15, 0.2) is 54.6 Å². The van der Waals surface area contributed by atoms with E-state index in [1.807, 2.05) is 54.6 Å². The van der Waals surface area contributed by atoms with Crippen molar-refractivity contribution in [3.63, 3.8) is 0 Å². The lowest BCUT2D eigenvalue weighted by Crippen LogP contribution is -2.32. The molecular formula is C20H25NO2. The topological polar surface area (TPSA) is 38.3 Å². The smallest absolute Gasteiger partial charge is 0.258 e. The van der Waals surface area contributed by atoms with E-state index in [1.54, 1.807) is 0 Å². The van der Waals surface area contributed by atoms with Gasteiger partial charge < -0.3 is 10.1 Å². The number of carbonyl (C=O) groups excluding carboxylic acids is 1. The van der Waals surface area contributed by atoms with E-state index in [-0.39, 0.29) is 18.6 Å². The van der Waals surface area contributed by atoms with Crippen LogP contribution in [0.5, 0.6) is 5.75 Å². The molecule has 2 aromatic carbocycles. The van der Waals surface area contributed by atoms with Crippen LogP contribution in [0.25, 0.3) is 0 Å². The molecule has 1 atom stereocenters. The van der Waals surface area contributed by atoms with E-state index in [2.05, 4.69) is 26.1 Å². The van der Waals surface area contributed by atoms with Crippen molar-refractivity contribution in [1.29, 1.82) is 0 Å². The minimum atomic E-state index is -0.0979. The van der Waals surface area contributed by atoms with E-state index in [0.29, 0.717) is 5.92 Å². The molecule has 1 N–H and O–H groups in total. The van der Waals surface area contributed by atoms with Gasteiger partial charge in [-0.15, -0.1) is 0 Å². The molecule has 0 heterocycles. The molecule has 122 valence electrons. The van der Waals surface area contributed by atoms with Crippen molar-refractivity contribution in [3.05, 3.63) is 65.7 Å². The molecule has 0 aromatic heterocycles. The number of hydrogen-bond donors (Lipinski definition) is 1. The van der Waals surface area contributed by atoms with Gasteiger partial charge in [0.1, 0.15) is 5.75 Å². The lowest BCUT2D eigenvalue weighted by atomic mass is 10.0. The molecule has 0 radical (unpaired) electrons. The molecule has 2 rings (SSSR count). The number of amides is 1. The molecule has 0 bridgehead atoms. The molecular weight excluding hydrogens is 286 g/mol. The Morgan fingerprint density at radius 3 is 2.35 bits per heavy atom. The monoisotopic (exact) mass is 311 g/mol. The molecule has 0 fully saturated rings. The molecule has 1 unspecified atom stereocenters. The van der Waals surface area contributed by atoms with Crippen LogP contribution in [-0.4, -0.2) is 12.5 Å². The summed E-state index contributed by atoms with van der Waals surface area (Å²) in [7, 11) is 0. The molecule has 3 nitrogen and oxygen atoms in total. The van der Waals surface area contributed by atoms with Gasteiger partial charge in [0.15, 0.2) is 6.61 Å². The molecule has 2 aromatic rings. The van der Waals surface area contributed by atoms with Crippen LogP contribution in [0, 0.1) is 0 Å². The number of carbonyl (C=O) groups is 1. The van der Waals surface area contributed by atoms with Gasteiger partial charge in [-0.05, 0) is 29.5 Å². The zero-order valence-electron chi connectivity index (χ0n) is 14.1. The van der Waals surface area contributed by atoms with Crippen LogP contribution >= 0.6 is 0 Å². The van der Waals surface area contributed by atoms with Crippen LogP contribution in [-0.2, 0) is 4.79 Å². The molecule has 0 aliphatic carbocycles. The predicted molar refractivity (Wildman–Crippen MR) is 93.6 cm³/mol. The van der Waals surface area contributed by atoms with Gasteiger partial charge in [0.2, 0.25) is 0 Å². The number of hydrogen-bond acceptors (Lipinski definition) is 2. The molecule has 0 saturated heterocycles. The predicted octanol–water partition coefficient (Wildman–Crippen LogP) is 4.46. The maximum atomic E-state index is 12.2. The lowest BCUT2D eigenvalue weighted by Gasteiger charge is -2.18. The number of benzene rings is 2. The van der Waals surface area contributed by atoms with E-state index in [0.717, 1.165) is 23.3 Å². The first kappa shape index (κ1) is 17.1. The summed E-state index contributed by atoms with van der Waals surface area (Å²) < 4.78 is 5.73. The minimum absolute atomic E-state index is 0.0210. The Balaban J connectivity index is 1.95. The van der Waals surface area contributed by atoms with E-state index >= 15 is 0 Å². The Bertz CT molecular complexity index is 623. The Morgan fingerprint density at radius 2 is 1.70 bits per heavy atom. The number of rotatable bonds is 7. The van der Waals surface area contributed by atoms with Crippen molar-refractivity contribution in [2.45, 2.75) is 39.2 Å². The molecule has 0 aliphatic heterocycles. The number of para-hydroxylation sites is 1. The molecule has 0 spiro atoms. The van der Waals surface area contributed by atoms with Crippen LogP contribution in [0.1, 0.15) is 50.3 Å². The fraction of sp³-hybridized carbons (Fsp3) is 0.350. The summed E-state index contributed by atoms with van der Waals surface area (Å²) in [6.45, 7) is 6.33. The van der Waals surface area contributed by atoms with Gasteiger partial charge in [-0.1, -0.05) is 69.3 Å². The summed E-state index contributed by atoms with van der Waals surface area (Å²) >= 11 is 0. The zero-order valence-corrected chi connectivity index (χ0v) is 14.1. The van der Waals surface area contributed by atoms with Gasteiger partial charge in [0.05, 0.1) is 6.04 Å². The third-order valence-electron chi connectivity index (χ3n) is 3.85. The second-order valence-corrected chi connectivity index (χ2v) is 5.92. The Labute approximate surface area is 138 Å². The second kappa shape index (κ2) is 8.37. The summed E-state index contributed by atoms with van der Waals surface area (Å²) in [6.07, 6.45) is 0.846. The Hall–Kier alpha value is -2.29. The van der Waals surface area contributed by atoms with E-state index in [1.165, 1.54) is 0 Å². The number of ether oxygens (including phenoxy) is 1. The highest BCUT2D eigenvalue weighted by atomic mass is 16.5. The van der Waals surface area contributed by atoms with Crippen molar-refractivity contribution < 1.29 is 9.53 Å². The minimum Gasteiger partial charge on any atom is -0.483 e. The van der Waals surface area contributed by atoms with Crippen LogP contribution < -0.4 is 10.1 Å². The van der Waals surface area contributed by atoms with Crippen LogP contribution in [0.4, 0.5) is 0 Å². The van der Waals surface area contributed by atoms with E-state index in [9.17, 15) is 4.79 Å². The average molecular weight is 311 g/mol. The maximum absolute atomic E-state index is 12.2. The van der Waals surface area contributed by atoms with Gasteiger partial charge in [0.25, 0.3) is 5.91 Å². The summed E-state index contributed by atoms with van der Waals surface area (Å²) in [5.41, 5.74) is 2.24. The maximum Gasteiger partial charge on any atom is 0.258 e. The van der Waals surface area contributed by atoms with Crippen molar-refractivity contribution >= 4 is 5.91 Å². The van der Waals surface area contributed by atoms with Crippen molar-refractivity contribution in [3.8, 4) is 5.75 Å². The van der Waals surface area contributed by atoms with Crippen molar-refractivity contribution in [2.24, 2.45) is 0 Å². The average Bonchev–Trinajstić information content (AvgIpc) is 2.58. The van der Waals surface area contributed by atoms with Crippen LogP contribution in [0.3, 0.4) is 0 Å². The molecule has 0 saturated carbocycles. The van der Waals surface area contributed by atoms with Gasteiger partial charge in [-0.25, -0.2) is 0 Å². The quantitative estimate of drug-likeness (QED) is 0.820. The summed E-state index contributed by atoms with van der Waals surface area (Å²) in [5.74, 6) is 1.05. The van der Waals surface area contributed by atoms with Crippen molar-refractivity contribution in [1.82, 2.24) is 5.32 Å². The van der Waals surface area contributed by atoms with Crippen LogP contribution in [0.2, 0.25) is 0 Å². The zero-order chi connectivity index (χ0) is 16.7. The van der Waals surface area contributed by atoms with Gasteiger partial charge in [-0.2, -0.15) is 0 Å². The largest absolute Gasteiger partial charge is 0.483 e. The second-order valence-electron chi connectivity index (χ2n) is 5.92. The van der Waals surface area contributed by atoms with E-state index < -0.39 is 0 Å². The molecule has 23 heavy (non-hydrogen) atoms.